The Morgan fingerprint density at radius 2 is 1.59 bits per heavy atom. The van der Waals surface area contributed by atoms with Crippen molar-refractivity contribution in [2.45, 2.75) is 83.4 Å². The monoisotopic (exact) mass is 436 g/mol. The smallest absolute Gasteiger partial charge is 0.0699 e. The van der Waals surface area contributed by atoms with E-state index in [4.69, 9.17) is 14.7 Å². The molecule has 3 unspecified atom stereocenters. The van der Waals surface area contributed by atoms with Crippen LogP contribution in [0.15, 0.2) is 36.7 Å². The van der Waals surface area contributed by atoms with Crippen molar-refractivity contribution in [3.63, 3.8) is 0 Å². The quantitative estimate of drug-likeness (QED) is 0.541. The first-order chi connectivity index (χ1) is 15.7. The van der Waals surface area contributed by atoms with E-state index in [9.17, 15) is 0 Å². The first-order valence-electron chi connectivity index (χ1n) is 12.6. The zero-order valence-corrected chi connectivity index (χ0v) is 19.9. The fraction of sp³-hybridized carbons (Fsp3) is 0.630. The summed E-state index contributed by atoms with van der Waals surface area (Å²) in [5.41, 5.74) is 5.10. The van der Waals surface area contributed by atoms with Crippen LogP contribution in [0.2, 0.25) is 0 Å². The Balaban J connectivity index is 1.40. The second-order valence-corrected chi connectivity index (χ2v) is 9.51. The Bertz CT molecular complexity index is 782. The normalized spacial score (nSPS) is 24.5. The van der Waals surface area contributed by atoms with Crippen molar-refractivity contribution in [1.29, 1.82) is 0 Å². The molecule has 0 saturated carbocycles. The number of piperidine rings is 1. The molecule has 0 radical (unpaired) electrons. The maximum Gasteiger partial charge on any atom is 0.0699 e. The third kappa shape index (κ3) is 5.94. The molecule has 3 atom stereocenters. The Kier molecular flexibility index (Phi) is 8.66. The first-order valence-corrected chi connectivity index (χ1v) is 12.6. The van der Waals surface area contributed by atoms with Crippen LogP contribution < -0.4 is 5.32 Å². The summed E-state index contributed by atoms with van der Waals surface area (Å²) in [6, 6.07) is 9.25. The minimum Gasteiger partial charge on any atom is -0.377 e. The highest BCUT2D eigenvalue weighted by molar-refractivity contribution is 5.25. The van der Waals surface area contributed by atoms with Crippen molar-refractivity contribution in [2.24, 2.45) is 0 Å². The number of nitrogens with zero attached hydrogens (tertiary/aromatic N) is 3. The third-order valence-corrected chi connectivity index (χ3v) is 7.15. The van der Waals surface area contributed by atoms with E-state index >= 15 is 0 Å². The molecule has 4 rings (SSSR count). The van der Waals surface area contributed by atoms with Gasteiger partial charge in [0.2, 0.25) is 0 Å². The summed E-state index contributed by atoms with van der Waals surface area (Å²) in [6.07, 6.45) is 14.0. The second-order valence-electron chi connectivity index (χ2n) is 9.51. The molecule has 4 heterocycles. The topological polar surface area (TPSA) is 50.3 Å². The lowest BCUT2D eigenvalue weighted by Gasteiger charge is -2.42. The van der Waals surface area contributed by atoms with E-state index < -0.39 is 0 Å². The SMILES string of the molecule is Cc1cccnc1C1CCCC(c2ncccc2C)N1CCCCNCC1CCCCO1. The highest BCUT2D eigenvalue weighted by Gasteiger charge is 2.34. The number of ether oxygens (including phenoxy) is 1. The van der Waals surface area contributed by atoms with E-state index in [-0.39, 0.29) is 0 Å². The van der Waals surface area contributed by atoms with Gasteiger partial charge < -0.3 is 10.1 Å². The van der Waals surface area contributed by atoms with Crippen molar-refractivity contribution >= 4 is 0 Å². The standard InChI is InChI=1S/C27H40N4O/c1-21-10-8-16-29-26(21)24-13-7-14-25(27-22(2)11-9-17-30-27)31(24)18-5-4-15-28-20-23-12-3-6-19-32-23/h8-11,16-17,23-25,28H,3-7,12-15,18-20H2,1-2H3. The van der Waals surface area contributed by atoms with Crippen LogP contribution in [0.1, 0.15) is 86.0 Å². The average molecular weight is 437 g/mol. The summed E-state index contributed by atoms with van der Waals surface area (Å²) in [7, 11) is 0. The van der Waals surface area contributed by atoms with Crippen LogP contribution in [0.4, 0.5) is 0 Å². The molecule has 0 bridgehead atoms. The lowest BCUT2D eigenvalue weighted by Crippen LogP contribution is -2.39. The van der Waals surface area contributed by atoms with Gasteiger partial charge in [-0.05, 0) is 102 Å². The summed E-state index contributed by atoms with van der Waals surface area (Å²) >= 11 is 0. The zero-order valence-electron chi connectivity index (χ0n) is 19.9. The highest BCUT2D eigenvalue weighted by Crippen LogP contribution is 2.42. The number of nitrogens with one attached hydrogen (secondary N) is 1. The molecule has 2 aliphatic heterocycles. The van der Waals surface area contributed by atoms with Gasteiger partial charge in [0.1, 0.15) is 0 Å². The lowest BCUT2D eigenvalue weighted by molar-refractivity contribution is 0.0169. The van der Waals surface area contributed by atoms with Gasteiger partial charge in [0.25, 0.3) is 0 Å². The van der Waals surface area contributed by atoms with Crippen LogP contribution in [0.25, 0.3) is 0 Å². The predicted molar refractivity (Wildman–Crippen MR) is 130 cm³/mol. The fourth-order valence-corrected chi connectivity index (χ4v) is 5.42. The Hall–Kier alpha value is -1.82. The molecule has 0 aliphatic carbocycles. The summed E-state index contributed by atoms with van der Waals surface area (Å²) in [5, 5.41) is 3.63. The molecule has 2 fully saturated rings. The molecule has 174 valence electrons. The average Bonchev–Trinajstić information content (AvgIpc) is 2.83. The van der Waals surface area contributed by atoms with E-state index in [1.54, 1.807) is 0 Å². The molecule has 2 aromatic rings. The Labute approximate surface area is 194 Å². The van der Waals surface area contributed by atoms with Gasteiger partial charge >= 0.3 is 0 Å². The Morgan fingerprint density at radius 3 is 2.19 bits per heavy atom. The van der Waals surface area contributed by atoms with Crippen molar-refractivity contribution in [3.8, 4) is 0 Å². The van der Waals surface area contributed by atoms with E-state index in [0.717, 1.165) is 26.2 Å². The third-order valence-electron chi connectivity index (χ3n) is 7.15. The van der Waals surface area contributed by atoms with Crippen LogP contribution in [-0.2, 0) is 4.74 Å². The molecule has 5 heteroatoms. The molecular weight excluding hydrogens is 396 g/mol. The van der Waals surface area contributed by atoms with Gasteiger partial charge in [-0.15, -0.1) is 0 Å². The second kappa shape index (κ2) is 11.9. The minimum atomic E-state index is 0.375. The van der Waals surface area contributed by atoms with Gasteiger partial charge in [-0.25, -0.2) is 0 Å². The van der Waals surface area contributed by atoms with Crippen molar-refractivity contribution < 1.29 is 4.74 Å². The number of pyridine rings is 2. The summed E-state index contributed by atoms with van der Waals surface area (Å²) in [5.74, 6) is 0. The number of aryl methyl sites for hydroxylation is 2. The number of unbranched alkanes of at least 4 members (excludes halogenated alkanes) is 1. The van der Waals surface area contributed by atoms with Gasteiger partial charge in [0.05, 0.1) is 29.6 Å². The zero-order chi connectivity index (χ0) is 22.2. The summed E-state index contributed by atoms with van der Waals surface area (Å²) in [6.45, 7) is 8.48. The van der Waals surface area contributed by atoms with Crippen molar-refractivity contribution in [1.82, 2.24) is 20.2 Å². The van der Waals surface area contributed by atoms with E-state index in [2.05, 4.69) is 36.2 Å². The molecule has 1 N–H and O–H groups in total. The fourth-order valence-electron chi connectivity index (χ4n) is 5.42. The van der Waals surface area contributed by atoms with Crippen LogP contribution in [0, 0.1) is 13.8 Å². The Morgan fingerprint density at radius 1 is 0.906 bits per heavy atom. The van der Waals surface area contributed by atoms with Crippen molar-refractivity contribution in [3.05, 3.63) is 59.2 Å². The van der Waals surface area contributed by atoms with Gasteiger partial charge in [0, 0.05) is 25.5 Å². The summed E-state index contributed by atoms with van der Waals surface area (Å²) in [4.78, 5) is 12.4. The lowest BCUT2D eigenvalue weighted by atomic mass is 9.88. The first kappa shape index (κ1) is 23.3. The molecule has 2 aromatic heterocycles. The predicted octanol–water partition coefficient (Wildman–Crippen LogP) is 5.30. The number of rotatable bonds is 9. The van der Waals surface area contributed by atoms with E-state index in [1.165, 1.54) is 73.9 Å². The number of hydrogen-bond donors (Lipinski definition) is 1. The minimum absolute atomic E-state index is 0.375. The van der Waals surface area contributed by atoms with Crippen LogP contribution in [0.3, 0.4) is 0 Å². The maximum absolute atomic E-state index is 5.84. The van der Waals surface area contributed by atoms with Gasteiger partial charge in [-0.2, -0.15) is 0 Å². The molecule has 0 amide bonds. The molecule has 0 spiro atoms. The van der Waals surface area contributed by atoms with Gasteiger partial charge in [0.15, 0.2) is 0 Å². The molecular formula is C27H40N4O. The van der Waals surface area contributed by atoms with Crippen LogP contribution in [0.5, 0.6) is 0 Å². The number of likely N-dealkylation sites (tertiary alicyclic amines) is 1. The molecule has 5 nitrogen and oxygen atoms in total. The van der Waals surface area contributed by atoms with E-state index in [1.807, 2.05) is 24.5 Å². The van der Waals surface area contributed by atoms with Crippen LogP contribution >= 0.6 is 0 Å². The van der Waals surface area contributed by atoms with Crippen LogP contribution in [-0.4, -0.2) is 47.2 Å². The number of hydrogen-bond acceptors (Lipinski definition) is 5. The highest BCUT2D eigenvalue weighted by atomic mass is 16.5. The van der Waals surface area contributed by atoms with E-state index in [0.29, 0.717) is 18.2 Å². The number of aromatic nitrogens is 2. The molecule has 32 heavy (non-hydrogen) atoms. The summed E-state index contributed by atoms with van der Waals surface area (Å²) < 4.78 is 5.84. The largest absolute Gasteiger partial charge is 0.377 e. The van der Waals surface area contributed by atoms with Gasteiger partial charge in [-0.1, -0.05) is 12.1 Å². The molecule has 2 saturated heterocycles. The molecule has 2 aliphatic rings. The van der Waals surface area contributed by atoms with Crippen molar-refractivity contribution in [2.75, 3.05) is 26.2 Å². The maximum atomic E-state index is 5.84. The molecule has 0 aromatic carbocycles. The van der Waals surface area contributed by atoms with Gasteiger partial charge in [-0.3, -0.25) is 14.9 Å².